The van der Waals surface area contributed by atoms with Crippen molar-refractivity contribution in [2.24, 2.45) is 0 Å². The van der Waals surface area contributed by atoms with Crippen LogP contribution in [-0.2, 0) is 0 Å². The number of hydrogen-bond donors (Lipinski definition) is 0. The third-order valence-electron chi connectivity index (χ3n) is 12.8. The molecule has 63 heavy (non-hydrogen) atoms. The quantitative estimate of drug-likeness (QED) is 0.0964. The first kappa shape index (κ1) is 39.9. The van der Waals surface area contributed by atoms with E-state index in [-0.39, 0.29) is 0 Å². The summed E-state index contributed by atoms with van der Waals surface area (Å²) in [5.41, 5.74) is 6.44. The van der Waals surface area contributed by atoms with E-state index in [1.807, 2.05) is 0 Å². The van der Waals surface area contributed by atoms with Crippen LogP contribution >= 0.6 is 0 Å². The van der Waals surface area contributed by atoms with Gasteiger partial charge in [-0.3, -0.25) is 0 Å². The molecular weight excluding hydrogens is 793 g/mol. The van der Waals surface area contributed by atoms with Gasteiger partial charge in [-0.15, -0.1) is 0 Å². The predicted molar refractivity (Wildman–Crippen MR) is 271 cm³/mol. The molecule has 10 rings (SSSR count). The Hall–Kier alpha value is -7.25. The van der Waals surface area contributed by atoms with Crippen LogP contribution in [0.2, 0.25) is 0 Å². The molecule has 0 fully saturated rings. The van der Waals surface area contributed by atoms with Crippen molar-refractivity contribution < 1.29 is 0 Å². The maximum atomic E-state index is 5.48. The van der Waals surface area contributed by atoms with Crippen molar-refractivity contribution in [3.05, 3.63) is 260 Å². The highest BCUT2D eigenvalue weighted by atomic mass is 28.3. The molecule has 1 heterocycles. The number of benzene rings is 8. The maximum Gasteiger partial charge on any atom is 0.179 e. The molecule has 0 saturated heterocycles. The molecule has 1 aromatic heterocycles. The Labute approximate surface area is 373 Å². The number of hydrogen-bond acceptors (Lipinski definition) is 2. The minimum absolute atomic E-state index is 0.801. The van der Waals surface area contributed by atoms with E-state index in [1.54, 1.807) is 0 Å². The van der Waals surface area contributed by atoms with Gasteiger partial charge in [0.05, 0.1) is 11.4 Å². The van der Waals surface area contributed by atoms with E-state index in [1.165, 1.54) is 52.6 Å². The molecule has 4 heteroatoms. The molecular formula is C59H48N2Si2. The van der Waals surface area contributed by atoms with Gasteiger partial charge in [0.15, 0.2) is 22.0 Å². The van der Waals surface area contributed by atoms with E-state index in [9.17, 15) is 0 Å². The summed E-state index contributed by atoms with van der Waals surface area (Å²) in [5, 5.41) is 10.7. The highest BCUT2D eigenvalue weighted by Crippen LogP contribution is 2.31. The first-order valence-electron chi connectivity index (χ1n) is 22.0. The van der Waals surface area contributed by atoms with Gasteiger partial charge in [0, 0.05) is 11.1 Å². The fourth-order valence-electron chi connectivity index (χ4n) is 9.90. The first-order valence-corrected chi connectivity index (χ1v) is 26.0. The number of nitrogens with zero attached hydrogens (tertiary/aromatic N) is 2. The summed E-state index contributed by atoms with van der Waals surface area (Å²) in [6, 6.07) is 87.5. The van der Waals surface area contributed by atoms with Gasteiger partial charge in [-0.2, -0.15) is 0 Å². The second kappa shape index (κ2) is 17.6. The van der Waals surface area contributed by atoms with E-state index in [4.69, 9.17) is 9.97 Å². The molecule has 0 amide bonds. The Morgan fingerprint density at radius 1 is 0.349 bits per heavy atom. The van der Waals surface area contributed by atoms with Crippen LogP contribution in [0.1, 0.15) is 25.6 Å². The summed E-state index contributed by atoms with van der Waals surface area (Å²) >= 11 is 0. The summed E-state index contributed by atoms with van der Waals surface area (Å²) in [7, 11) is -5.56. The van der Waals surface area contributed by atoms with E-state index >= 15 is 0 Å². The fraction of sp³-hybridized carbons (Fsp3) is 0.0508. The number of rotatable bonds is 11. The minimum atomic E-state index is -2.78. The molecule has 0 N–H and O–H groups in total. The average molecular weight is 841 g/mol. The van der Waals surface area contributed by atoms with Gasteiger partial charge >= 0.3 is 0 Å². The van der Waals surface area contributed by atoms with Gasteiger partial charge in [-0.1, -0.05) is 243 Å². The lowest BCUT2D eigenvalue weighted by atomic mass is 9.97. The molecule has 302 valence electrons. The second-order valence-corrected chi connectivity index (χ2v) is 24.0. The lowest BCUT2D eigenvalue weighted by Gasteiger charge is -2.34. The molecule has 8 aromatic carbocycles. The Morgan fingerprint density at radius 3 is 0.984 bits per heavy atom. The summed E-state index contributed by atoms with van der Waals surface area (Å²) in [6.07, 6.45) is 6.37. The lowest BCUT2D eigenvalue weighted by Crippen LogP contribution is -2.74. The molecule has 0 bridgehead atoms. The zero-order valence-corrected chi connectivity index (χ0v) is 37.5. The Kier molecular flexibility index (Phi) is 11.1. The highest BCUT2D eigenvalue weighted by molar-refractivity contribution is 7.20. The summed E-state index contributed by atoms with van der Waals surface area (Å²) in [4.78, 5) is 11.0. The van der Waals surface area contributed by atoms with Crippen LogP contribution in [0.5, 0.6) is 0 Å². The predicted octanol–water partition coefficient (Wildman–Crippen LogP) is 8.69. The third kappa shape index (κ3) is 7.37. The number of allylic oxidation sites excluding steroid dienone is 4. The van der Waals surface area contributed by atoms with Crippen molar-refractivity contribution in [2.75, 3.05) is 0 Å². The van der Waals surface area contributed by atoms with Gasteiger partial charge in [0.2, 0.25) is 0 Å². The van der Waals surface area contributed by atoms with Crippen LogP contribution in [0.3, 0.4) is 0 Å². The molecule has 0 aliphatic heterocycles. The average Bonchev–Trinajstić information content (AvgIpc) is 3.37. The molecule has 0 spiro atoms. The third-order valence-corrected chi connectivity index (χ3v) is 22.4. The van der Waals surface area contributed by atoms with Crippen LogP contribution in [0.25, 0.3) is 28.1 Å². The zero-order chi connectivity index (χ0) is 42.5. The highest BCUT2D eigenvalue weighted by Gasteiger charge is 2.43. The molecule has 1 aliphatic carbocycles. The molecule has 0 radical (unpaired) electrons. The van der Waals surface area contributed by atoms with Crippen molar-refractivity contribution in [2.45, 2.75) is 19.8 Å². The Morgan fingerprint density at radius 2 is 0.667 bits per heavy atom. The minimum Gasteiger partial charge on any atom is -0.228 e. The lowest BCUT2D eigenvalue weighted by molar-refractivity contribution is 0.992. The van der Waals surface area contributed by atoms with Crippen molar-refractivity contribution in [3.63, 3.8) is 0 Å². The fourth-order valence-corrected chi connectivity index (χ4v) is 19.5. The zero-order valence-electron chi connectivity index (χ0n) is 35.5. The summed E-state index contributed by atoms with van der Waals surface area (Å²) in [5.74, 6) is 0.801. The number of aromatic nitrogens is 2. The van der Waals surface area contributed by atoms with Crippen LogP contribution in [-0.4, -0.2) is 26.1 Å². The Balaban J connectivity index is 1.20. The van der Waals surface area contributed by atoms with Gasteiger partial charge in [-0.25, -0.2) is 9.97 Å². The van der Waals surface area contributed by atoms with Crippen LogP contribution < -0.4 is 41.5 Å². The van der Waals surface area contributed by atoms with Gasteiger partial charge in [-0.05, 0) is 78.5 Å². The standard InChI is InChI=1S/C59H48N2Si2/c1-45-24-20-21-41-56(45)59-60-57(46-25-22-39-54(42-46)62(48-27-8-2-9-28-48,49-29-10-3-11-30-49)50-31-12-4-13-32-50)44-58(61-59)47-26-23-40-55(43-47)63(51-33-14-5-15-34-51,52-35-16-6-17-36-52)53-37-18-7-19-38-53/h2-20,22-40,42-44H,21,41H2,1H3. The SMILES string of the molecule is CC1=C(c2nc(-c3cccc([Si](c4ccccc4)(c4ccccc4)c4ccccc4)c3)cc(-c3cccc([Si](c4ccccc4)(c4ccccc4)c4ccccc4)c3)n2)CCC=C1. The molecule has 1 aliphatic rings. The smallest absolute Gasteiger partial charge is 0.179 e. The second-order valence-electron chi connectivity index (χ2n) is 16.4. The van der Waals surface area contributed by atoms with Gasteiger partial charge in [0.1, 0.15) is 0 Å². The van der Waals surface area contributed by atoms with Gasteiger partial charge < -0.3 is 0 Å². The molecule has 0 atom stereocenters. The van der Waals surface area contributed by atoms with Crippen LogP contribution in [0.15, 0.2) is 254 Å². The molecule has 9 aromatic rings. The summed E-state index contributed by atoms with van der Waals surface area (Å²) in [6.45, 7) is 2.20. The van der Waals surface area contributed by atoms with Crippen molar-refractivity contribution in [3.8, 4) is 22.5 Å². The monoisotopic (exact) mass is 840 g/mol. The summed E-state index contributed by atoms with van der Waals surface area (Å²) < 4.78 is 0. The van der Waals surface area contributed by atoms with Crippen molar-refractivity contribution >= 4 is 63.2 Å². The van der Waals surface area contributed by atoms with Crippen LogP contribution in [0, 0.1) is 0 Å². The Bertz CT molecular complexity index is 2660. The van der Waals surface area contributed by atoms with E-state index in [0.717, 1.165) is 41.2 Å². The normalized spacial score (nSPS) is 12.9. The first-order chi connectivity index (χ1) is 31.2. The molecule has 2 nitrogen and oxygen atoms in total. The van der Waals surface area contributed by atoms with Crippen LogP contribution in [0.4, 0.5) is 0 Å². The van der Waals surface area contributed by atoms with Gasteiger partial charge in [0.25, 0.3) is 0 Å². The van der Waals surface area contributed by atoms with E-state index in [0.29, 0.717) is 0 Å². The molecule has 0 unspecified atom stereocenters. The van der Waals surface area contributed by atoms with E-state index < -0.39 is 16.1 Å². The van der Waals surface area contributed by atoms with Crippen molar-refractivity contribution in [1.29, 1.82) is 0 Å². The van der Waals surface area contributed by atoms with E-state index in [2.05, 4.69) is 256 Å². The molecule has 0 saturated carbocycles. The topological polar surface area (TPSA) is 25.8 Å². The van der Waals surface area contributed by atoms with Crippen molar-refractivity contribution in [1.82, 2.24) is 9.97 Å². The largest absolute Gasteiger partial charge is 0.228 e. The maximum absolute atomic E-state index is 5.48.